The number of fused-ring (bicyclic) bond motifs is 1. The summed E-state index contributed by atoms with van der Waals surface area (Å²) in [5.74, 6) is -0.342. The van der Waals surface area contributed by atoms with Crippen molar-refractivity contribution in [1.82, 2.24) is 4.98 Å². The molecule has 2 N–H and O–H groups in total. The van der Waals surface area contributed by atoms with Gasteiger partial charge in [-0.15, -0.1) is 11.3 Å². The number of rotatable bonds is 5. The van der Waals surface area contributed by atoms with Gasteiger partial charge in [0.15, 0.2) is 0 Å². The number of ether oxygens (including phenoxy) is 2. The van der Waals surface area contributed by atoms with E-state index >= 15 is 0 Å². The van der Waals surface area contributed by atoms with Crippen LogP contribution in [-0.4, -0.2) is 42.2 Å². The van der Waals surface area contributed by atoms with E-state index in [1.165, 1.54) is 0 Å². The summed E-state index contributed by atoms with van der Waals surface area (Å²) < 4.78 is 12.1. The van der Waals surface area contributed by atoms with E-state index in [4.69, 9.17) is 14.5 Å². The third-order valence-corrected chi connectivity index (χ3v) is 6.54. The zero-order chi connectivity index (χ0) is 21.2. The van der Waals surface area contributed by atoms with Gasteiger partial charge >= 0.3 is 0 Å². The topological polar surface area (TPSA) is 89.6 Å². The second kappa shape index (κ2) is 8.74. The van der Waals surface area contributed by atoms with Gasteiger partial charge in [-0.1, -0.05) is 12.1 Å². The Labute approximate surface area is 183 Å². The van der Waals surface area contributed by atoms with E-state index in [0.717, 1.165) is 33.6 Å². The molecule has 0 aliphatic carbocycles. The van der Waals surface area contributed by atoms with Gasteiger partial charge in [0, 0.05) is 30.2 Å². The lowest BCUT2D eigenvalue weighted by Gasteiger charge is -2.15. The number of amides is 2. The van der Waals surface area contributed by atoms with Crippen molar-refractivity contribution < 1.29 is 19.1 Å². The molecule has 8 heteroatoms. The molecule has 2 atom stereocenters. The van der Waals surface area contributed by atoms with Crippen molar-refractivity contribution >= 4 is 44.7 Å². The van der Waals surface area contributed by atoms with Crippen LogP contribution in [0.5, 0.6) is 0 Å². The third kappa shape index (κ3) is 4.46. The first-order chi connectivity index (χ1) is 15.2. The van der Waals surface area contributed by atoms with Crippen LogP contribution >= 0.6 is 11.3 Å². The molecule has 0 spiro atoms. The predicted octanol–water partition coefficient (Wildman–Crippen LogP) is 4.20. The molecule has 3 aromatic rings. The lowest BCUT2D eigenvalue weighted by Crippen LogP contribution is -2.28. The van der Waals surface area contributed by atoms with Gasteiger partial charge in [-0.05, 0) is 56.0 Å². The Kier molecular flexibility index (Phi) is 5.67. The Morgan fingerprint density at radius 1 is 0.903 bits per heavy atom. The number of nitrogens with zero attached hydrogens (tertiary/aromatic N) is 1. The van der Waals surface area contributed by atoms with E-state index in [2.05, 4.69) is 10.6 Å². The van der Waals surface area contributed by atoms with Crippen LogP contribution in [0.3, 0.4) is 0 Å². The summed E-state index contributed by atoms with van der Waals surface area (Å²) in [6.45, 7) is 1.21. The summed E-state index contributed by atoms with van der Waals surface area (Å²) in [6, 6.07) is 13.5. The van der Waals surface area contributed by atoms with E-state index in [-0.39, 0.29) is 11.8 Å². The van der Waals surface area contributed by atoms with Gasteiger partial charge in [0.05, 0.1) is 10.2 Å². The number of thiazole rings is 1. The summed E-state index contributed by atoms with van der Waals surface area (Å²) >= 11 is 1.57. The molecule has 2 saturated heterocycles. The predicted molar refractivity (Wildman–Crippen MR) is 120 cm³/mol. The van der Waals surface area contributed by atoms with Crippen molar-refractivity contribution in [3.63, 3.8) is 0 Å². The van der Waals surface area contributed by atoms with E-state index in [1.54, 1.807) is 17.4 Å². The first kappa shape index (κ1) is 20.1. The molecule has 0 radical (unpaired) electrons. The fourth-order valence-electron chi connectivity index (χ4n) is 3.91. The minimum atomic E-state index is -0.434. The minimum absolute atomic E-state index is 0.171. The summed E-state index contributed by atoms with van der Waals surface area (Å²) in [5.41, 5.74) is 2.94. The van der Waals surface area contributed by atoms with Crippen molar-refractivity contribution in [1.29, 1.82) is 0 Å². The van der Waals surface area contributed by atoms with Crippen LogP contribution in [0.1, 0.15) is 25.7 Å². The number of carbonyl (C=O) groups excluding carboxylic acids is 2. The largest absolute Gasteiger partial charge is 0.368 e. The molecule has 0 unspecified atom stereocenters. The van der Waals surface area contributed by atoms with Gasteiger partial charge in [0.25, 0.3) is 11.8 Å². The van der Waals surface area contributed by atoms with Crippen molar-refractivity contribution in [3.8, 4) is 10.6 Å². The molecule has 2 amide bonds. The molecule has 2 aromatic carbocycles. The van der Waals surface area contributed by atoms with E-state index in [9.17, 15) is 9.59 Å². The Morgan fingerprint density at radius 3 is 2.06 bits per heavy atom. The van der Waals surface area contributed by atoms with E-state index < -0.39 is 12.2 Å². The smallest absolute Gasteiger partial charge is 0.253 e. The molecule has 31 heavy (non-hydrogen) atoms. The average Bonchev–Trinajstić information content (AvgIpc) is 3.55. The molecule has 7 nitrogen and oxygen atoms in total. The van der Waals surface area contributed by atoms with Gasteiger partial charge in [-0.25, -0.2) is 4.98 Å². The fraction of sp³-hybridized carbons (Fsp3) is 0.348. The number of aromatic nitrogens is 1. The first-order valence-electron chi connectivity index (χ1n) is 10.5. The van der Waals surface area contributed by atoms with Crippen LogP contribution in [0.4, 0.5) is 11.4 Å². The minimum Gasteiger partial charge on any atom is -0.368 e. The highest BCUT2D eigenvalue weighted by Crippen LogP contribution is 2.34. The normalized spacial score (nSPS) is 20.8. The Morgan fingerprint density at radius 2 is 1.52 bits per heavy atom. The van der Waals surface area contributed by atoms with Crippen molar-refractivity contribution in [2.45, 2.75) is 37.9 Å². The molecule has 5 rings (SSSR count). The summed E-state index contributed by atoms with van der Waals surface area (Å²) in [6.07, 6.45) is 2.32. The molecule has 0 saturated carbocycles. The molecule has 3 heterocycles. The number of hydrogen-bond acceptors (Lipinski definition) is 6. The van der Waals surface area contributed by atoms with Gasteiger partial charge < -0.3 is 20.1 Å². The molecule has 0 bridgehead atoms. The van der Waals surface area contributed by atoms with Crippen molar-refractivity contribution in [2.24, 2.45) is 0 Å². The lowest BCUT2D eigenvalue weighted by atomic mass is 10.1. The number of anilines is 2. The van der Waals surface area contributed by atoms with Gasteiger partial charge in [0.2, 0.25) is 0 Å². The van der Waals surface area contributed by atoms with E-state index in [0.29, 0.717) is 37.4 Å². The Bertz CT molecular complexity index is 1040. The van der Waals surface area contributed by atoms with Crippen molar-refractivity contribution in [2.75, 3.05) is 23.8 Å². The van der Waals surface area contributed by atoms with Gasteiger partial charge in [0.1, 0.15) is 17.2 Å². The second-order valence-electron chi connectivity index (χ2n) is 7.77. The lowest BCUT2D eigenvalue weighted by molar-refractivity contribution is -0.125. The molecule has 2 fully saturated rings. The molecule has 2 aliphatic heterocycles. The highest BCUT2D eigenvalue weighted by molar-refractivity contribution is 7.21. The maximum Gasteiger partial charge on any atom is 0.253 e. The van der Waals surface area contributed by atoms with Crippen LogP contribution < -0.4 is 10.6 Å². The van der Waals surface area contributed by atoms with Crippen LogP contribution in [0.15, 0.2) is 42.5 Å². The highest BCUT2D eigenvalue weighted by Gasteiger charge is 2.25. The monoisotopic (exact) mass is 437 g/mol. The third-order valence-electron chi connectivity index (χ3n) is 5.45. The molecule has 2 aliphatic rings. The number of benzene rings is 2. The Balaban J connectivity index is 1.46. The molecule has 160 valence electrons. The maximum absolute atomic E-state index is 12.6. The number of carbonyl (C=O) groups is 2. The number of hydrogen-bond donors (Lipinski definition) is 2. The summed E-state index contributed by atoms with van der Waals surface area (Å²) in [4.78, 5) is 29.9. The van der Waals surface area contributed by atoms with Gasteiger partial charge in [-0.2, -0.15) is 0 Å². The average molecular weight is 438 g/mol. The maximum atomic E-state index is 12.6. The molecular formula is C23H23N3O4S. The number of nitrogens with one attached hydrogen (secondary N) is 2. The van der Waals surface area contributed by atoms with Crippen LogP contribution in [0.2, 0.25) is 0 Å². The zero-order valence-corrected chi connectivity index (χ0v) is 17.7. The van der Waals surface area contributed by atoms with Gasteiger partial charge in [-0.3, -0.25) is 9.59 Å². The second-order valence-corrected chi connectivity index (χ2v) is 8.80. The van der Waals surface area contributed by atoms with Crippen LogP contribution in [0, 0.1) is 0 Å². The van der Waals surface area contributed by atoms with Crippen LogP contribution in [-0.2, 0) is 19.1 Å². The SMILES string of the molecule is O=C(Nc1cc(NC(=O)[C@@H]2CCCO2)cc(-c2nc3ccccc3s2)c1)[C@@H]1CCCO1. The standard InChI is InChI=1S/C23H23N3O4S/c27-21(18-6-3-9-29-18)24-15-11-14(23-26-17-5-1-2-8-20(17)31-23)12-16(13-15)25-22(28)19-7-4-10-30-19/h1-2,5,8,11-13,18-19H,3-4,6-7,9-10H2,(H,24,27)(H,25,28)/t18-,19-/m0/s1. The van der Waals surface area contributed by atoms with Crippen molar-refractivity contribution in [3.05, 3.63) is 42.5 Å². The first-order valence-corrected chi connectivity index (χ1v) is 11.3. The quantitative estimate of drug-likeness (QED) is 0.625. The van der Waals surface area contributed by atoms with E-state index in [1.807, 2.05) is 36.4 Å². The molecular weight excluding hydrogens is 414 g/mol. The highest BCUT2D eigenvalue weighted by atomic mass is 32.1. The Hall–Kier alpha value is -2.81. The van der Waals surface area contributed by atoms with Crippen LogP contribution in [0.25, 0.3) is 20.8 Å². The fourth-order valence-corrected chi connectivity index (χ4v) is 4.86. The summed E-state index contributed by atoms with van der Waals surface area (Å²) in [7, 11) is 0. The zero-order valence-electron chi connectivity index (χ0n) is 16.9. The number of para-hydroxylation sites is 1. The molecule has 1 aromatic heterocycles. The summed E-state index contributed by atoms with van der Waals surface area (Å²) in [5, 5.41) is 6.70.